The Balaban J connectivity index is 1.75. The van der Waals surface area contributed by atoms with Crippen molar-refractivity contribution >= 4 is 11.9 Å². The van der Waals surface area contributed by atoms with Crippen LogP contribution in [0.5, 0.6) is 0 Å². The van der Waals surface area contributed by atoms with Crippen LogP contribution in [0.25, 0.3) is 0 Å². The normalized spacial score (nSPS) is 22.7. The minimum Gasteiger partial charge on any atom is -0.480 e. The highest BCUT2D eigenvalue weighted by Gasteiger charge is 2.32. The Hall–Kier alpha value is -1.84. The Labute approximate surface area is 124 Å². The summed E-state index contributed by atoms with van der Waals surface area (Å²) in [5.74, 6) is -0.396. The van der Waals surface area contributed by atoms with Crippen LogP contribution in [0.15, 0.2) is 24.3 Å². The maximum atomic E-state index is 12.5. The molecule has 2 fully saturated rings. The number of carbonyl (C=O) groups excluding carboxylic acids is 1. The zero-order valence-corrected chi connectivity index (χ0v) is 12.1. The summed E-state index contributed by atoms with van der Waals surface area (Å²) < 4.78 is 0. The van der Waals surface area contributed by atoms with Gasteiger partial charge in [-0.05, 0) is 55.7 Å². The van der Waals surface area contributed by atoms with Gasteiger partial charge in [0.25, 0.3) is 5.91 Å². The van der Waals surface area contributed by atoms with Crippen LogP contribution >= 0.6 is 0 Å². The monoisotopic (exact) mass is 287 g/mol. The summed E-state index contributed by atoms with van der Waals surface area (Å²) in [5, 5.41) is 9.27. The smallest absolute Gasteiger partial charge is 0.326 e. The lowest BCUT2D eigenvalue weighted by atomic mass is 9.80. The lowest BCUT2D eigenvalue weighted by molar-refractivity contribution is -0.143. The fourth-order valence-electron chi connectivity index (χ4n) is 3.24. The lowest BCUT2D eigenvalue weighted by Crippen LogP contribution is -2.47. The molecule has 0 spiro atoms. The van der Waals surface area contributed by atoms with E-state index in [-0.39, 0.29) is 5.91 Å². The molecule has 21 heavy (non-hydrogen) atoms. The molecule has 1 aromatic carbocycles. The standard InChI is InChI=1S/C17H21NO3/c19-16(18-11-2-1-6-15(18)17(20)21)14-9-7-13(8-10-14)12-4-3-5-12/h7-10,12,15H,1-6,11H2,(H,20,21). The first-order valence-electron chi connectivity index (χ1n) is 7.80. The maximum Gasteiger partial charge on any atom is 0.326 e. The highest BCUT2D eigenvalue weighted by Crippen LogP contribution is 2.36. The highest BCUT2D eigenvalue weighted by molar-refractivity contribution is 5.96. The molecule has 1 saturated carbocycles. The third-order valence-corrected chi connectivity index (χ3v) is 4.78. The number of hydrogen-bond acceptors (Lipinski definition) is 2. The summed E-state index contributed by atoms with van der Waals surface area (Å²) in [6.07, 6.45) is 6.08. The number of carboxylic acids is 1. The van der Waals surface area contributed by atoms with Crippen molar-refractivity contribution in [3.05, 3.63) is 35.4 Å². The van der Waals surface area contributed by atoms with Crippen LogP contribution in [-0.4, -0.2) is 34.5 Å². The molecule has 0 aromatic heterocycles. The Morgan fingerprint density at radius 2 is 1.71 bits per heavy atom. The molecule has 0 radical (unpaired) electrons. The van der Waals surface area contributed by atoms with Crippen molar-refractivity contribution < 1.29 is 14.7 Å². The first-order valence-corrected chi connectivity index (χ1v) is 7.80. The summed E-state index contributed by atoms with van der Waals surface area (Å²) in [6.45, 7) is 0.542. The van der Waals surface area contributed by atoms with E-state index in [1.165, 1.54) is 29.7 Å². The summed E-state index contributed by atoms with van der Waals surface area (Å²) in [4.78, 5) is 25.4. The topological polar surface area (TPSA) is 57.6 Å². The number of likely N-dealkylation sites (tertiary alicyclic amines) is 1. The van der Waals surface area contributed by atoms with Crippen molar-refractivity contribution in [1.82, 2.24) is 4.90 Å². The molecular weight excluding hydrogens is 266 g/mol. The minimum absolute atomic E-state index is 0.151. The molecule has 0 bridgehead atoms. The van der Waals surface area contributed by atoms with E-state index in [0.29, 0.717) is 24.4 Å². The summed E-state index contributed by atoms with van der Waals surface area (Å²) in [6, 6.07) is 7.08. The predicted molar refractivity (Wildman–Crippen MR) is 79.3 cm³/mol. The van der Waals surface area contributed by atoms with Gasteiger partial charge in [-0.15, -0.1) is 0 Å². The van der Waals surface area contributed by atoms with Gasteiger partial charge in [0.15, 0.2) is 0 Å². The molecule has 1 N–H and O–H groups in total. The molecule has 1 atom stereocenters. The third kappa shape index (κ3) is 2.80. The van der Waals surface area contributed by atoms with Crippen LogP contribution in [0, 0.1) is 0 Å². The third-order valence-electron chi connectivity index (χ3n) is 4.78. The molecule has 1 heterocycles. The first kappa shape index (κ1) is 14.1. The second kappa shape index (κ2) is 5.88. The number of piperidine rings is 1. The average Bonchev–Trinajstić information content (AvgIpc) is 2.45. The molecule has 2 aliphatic rings. The van der Waals surface area contributed by atoms with Gasteiger partial charge >= 0.3 is 5.97 Å². The Morgan fingerprint density at radius 1 is 1.00 bits per heavy atom. The van der Waals surface area contributed by atoms with E-state index in [1.54, 1.807) is 0 Å². The van der Waals surface area contributed by atoms with Crippen LogP contribution in [0.2, 0.25) is 0 Å². The maximum absolute atomic E-state index is 12.5. The Kier molecular flexibility index (Phi) is 3.95. The molecular formula is C17H21NO3. The SMILES string of the molecule is O=C(O)C1CCCCN1C(=O)c1ccc(C2CCC2)cc1. The highest BCUT2D eigenvalue weighted by atomic mass is 16.4. The van der Waals surface area contributed by atoms with Crippen molar-refractivity contribution in [2.75, 3.05) is 6.54 Å². The van der Waals surface area contributed by atoms with Gasteiger partial charge in [-0.25, -0.2) is 4.79 Å². The van der Waals surface area contributed by atoms with Gasteiger partial charge in [0, 0.05) is 12.1 Å². The first-order chi connectivity index (χ1) is 10.2. The number of aliphatic carboxylic acids is 1. The van der Waals surface area contributed by atoms with Crippen LogP contribution in [-0.2, 0) is 4.79 Å². The van der Waals surface area contributed by atoms with Crippen LogP contribution in [0.4, 0.5) is 0 Å². The van der Waals surface area contributed by atoms with Crippen molar-refractivity contribution in [1.29, 1.82) is 0 Å². The molecule has 1 unspecified atom stereocenters. The van der Waals surface area contributed by atoms with E-state index < -0.39 is 12.0 Å². The van der Waals surface area contributed by atoms with E-state index in [2.05, 4.69) is 0 Å². The fraction of sp³-hybridized carbons (Fsp3) is 0.529. The van der Waals surface area contributed by atoms with E-state index in [9.17, 15) is 14.7 Å². The van der Waals surface area contributed by atoms with Gasteiger partial charge in [-0.1, -0.05) is 18.6 Å². The number of nitrogens with zero attached hydrogens (tertiary/aromatic N) is 1. The van der Waals surface area contributed by atoms with Crippen molar-refractivity contribution in [3.63, 3.8) is 0 Å². The van der Waals surface area contributed by atoms with E-state index in [4.69, 9.17) is 0 Å². The van der Waals surface area contributed by atoms with Crippen molar-refractivity contribution in [2.24, 2.45) is 0 Å². The molecule has 4 nitrogen and oxygen atoms in total. The predicted octanol–water partition coefficient (Wildman–Crippen LogP) is 3.03. The van der Waals surface area contributed by atoms with Gasteiger partial charge in [0.05, 0.1) is 0 Å². The van der Waals surface area contributed by atoms with E-state index in [1.807, 2.05) is 24.3 Å². The number of carboxylic acid groups (broad SMARTS) is 1. The van der Waals surface area contributed by atoms with E-state index >= 15 is 0 Å². The van der Waals surface area contributed by atoms with Crippen molar-refractivity contribution in [3.8, 4) is 0 Å². The quantitative estimate of drug-likeness (QED) is 0.929. The second-order valence-corrected chi connectivity index (χ2v) is 6.10. The van der Waals surface area contributed by atoms with Gasteiger partial charge in [-0.3, -0.25) is 4.79 Å². The average molecular weight is 287 g/mol. The number of hydrogen-bond donors (Lipinski definition) is 1. The fourth-order valence-corrected chi connectivity index (χ4v) is 3.24. The van der Waals surface area contributed by atoms with Crippen LogP contribution in [0.3, 0.4) is 0 Å². The van der Waals surface area contributed by atoms with Crippen molar-refractivity contribution in [2.45, 2.75) is 50.5 Å². The zero-order valence-electron chi connectivity index (χ0n) is 12.1. The molecule has 1 amide bonds. The molecule has 1 aromatic rings. The summed E-state index contributed by atoms with van der Waals surface area (Å²) >= 11 is 0. The van der Waals surface area contributed by atoms with Gasteiger partial charge in [-0.2, -0.15) is 0 Å². The zero-order chi connectivity index (χ0) is 14.8. The number of amides is 1. The molecule has 112 valence electrons. The minimum atomic E-state index is -0.894. The Bertz CT molecular complexity index is 533. The second-order valence-electron chi connectivity index (χ2n) is 6.10. The largest absolute Gasteiger partial charge is 0.480 e. The molecule has 3 rings (SSSR count). The number of carbonyl (C=O) groups is 2. The molecule has 1 aliphatic carbocycles. The van der Waals surface area contributed by atoms with Crippen LogP contribution in [0.1, 0.15) is 60.4 Å². The van der Waals surface area contributed by atoms with Gasteiger partial charge in [0.1, 0.15) is 6.04 Å². The summed E-state index contributed by atoms with van der Waals surface area (Å²) in [7, 11) is 0. The Morgan fingerprint density at radius 3 is 2.29 bits per heavy atom. The molecule has 1 aliphatic heterocycles. The lowest BCUT2D eigenvalue weighted by Gasteiger charge is -2.33. The van der Waals surface area contributed by atoms with E-state index in [0.717, 1.165) is 12.8 Å². The number of benzene rings is 1. The van der Waals surface area contributed by atoms with Gasteiger partial charge < -0.3 is 10.0 Å². The molecule has 1 saturated heterocycles. The van der Waals surface area contributed by atoms with Crippen LogP contribution < -0.4 is 0 Å². The van der Waals surface area contributed by atoms with Gasteiger partial charge in [0.2, 0.25) is 0 Å². The summed E-state index contributed by atoms with van der Waals surface area (Å²) in [5.41, 5.74) is 1.90. The number of rotatable bonds is 3. The molecule has 4 heteroatoms.